The van der Waals surface area contributed by atoms with Crippen LogP contribution in [0.15, 0.2) is 18.2 Å². The lowest BCUT2D eigenvalue weighted by Gasteiger charge is -2.17. The molecule has 0 bridgehead atoms. The van der Waals surface area contributed by atoms with Gasteiger partial charge in [0.05, 0.1) is 10.6 Å². The lowest BCUT2D eigenvalue weighted by Crippen LogP contribution is -2.30. The van der Waals surface area contributed by atoms with Crippen LogP contribution >= 0.6 is 11.3 Å². The van der Waals surface area contributed by atoms with Crippen LogP contribution in [-0.2, 0) is 11.2 Å². The molecule has 5 nitrogen and oxygen atoms in total. The van der Waals surface area contributed by atoms with Crippen molar-refractivity contribution in [3.8, 4) is 5.75 Å². The summed E-state index contributed by atoms with van der Waals surface area (Å²) in [5.41, 5.74) is 2.96. The maximum absolute atomic E-state index is 12.5. The van der Waals surface area contributed by atoms with E-state index in [4.69, 9.17) is 4.74 Å². The van der Waals surface area contributed by atoms with Crippen LogP contribution in [-0.4, -0.2) is 22.8 Å². The van der Waals surface area contributed by atoms with E-state index in [1.807, 2.05) is 19.1 Å². The fourth-order valence-electron chi connectivity index (χ4n) is 2.88. The summed E-state index contributed by atoms with van der Waals surface area (Å²) in [6.07, 6.45) is 1.52. The van der Waals surface area contributed by atoms with Crippen LogP contribution < -0.4 is 10.1 Å². The van der Waals surface area contributed by atoms with Crippen molar-refractivity contribution in [2.75, 3.05) is 5.32 Å². The predicted molar refractivity (Wildman–Crippen MR) is 103 cm³/mol. The number of thiazole rings is 1. The van der Waals surface area contributed by atoms with E-state index >= 15 is 0 Å². The van der Waals surface area contributed by atoms with Gasteiger partial charge in [0.15, 0.2) is 17.0 Å². The molecule has 26 heavy (non-hydrogen) atoms. The Balaban J connectivity index is 1.69. The van der Waals surface area contributed by atoms with E-state index in [1.54, 1.807) is 6.92 Å². The third-order valence-electron chi connectivity index (χ3n) is 4.55. The molecular formula is C20H24N2O3S. The summed E-state index contributed by atoms with van der Waals surface area (Å²) < 4.78 is 5.89. The van der Waals surface area contributed by atoms with E-state index < -0.39 is 6.10 Å². The topological polar surface area (TPSA) is 68.3 Å². The number of rotatable bonds is 5. The number of fused-ring (bicyclic) bond motifs is 1. The summed E-state index contributed by atoms with van der Waals surface area (Å²) in [4.78, 5) is 29.5. The molecule has 138 valence electrons. The van der Waals surface area contributed by atoms with Gasteiger partial charge in [-0.3, -0.25) is 14.9 Å². The Morgan fingerprint density at radius 2 is 2.04 bits per heavy atom. The molecule has 1 aromatic carbocycles. The molecular weight excluding hydrogens is 348 g/mol. The highest BCUT2D eigenvalue weighted by Crippen LogP contribution is 2.30. The van der Waals surface area contributed by atoms with Gasteiger partial charge in [0.25, 0.3) is 5.91 Å². The monoisotopic (exact) mass is 372 g/mol. The summed E-state index contributed by atoms with van der Waals surface area (Å²) in [7, 11) is 0. The minimum atomic E-state index is -0.659. The number of anilines is 1. The van der Waals surface area contributed by atoms with Crippen LogP contribution in [0, 0.1) is 6.92 Å². The third kappa shape index (κ3) is 3.96. The smallest absolute Gasteiger partial charge is 0.266 e. The fourth-order valence-corrected chi connectivity index (χ4v) is 3.86. The summed E-state index contributed by atoms with van der Waals surface area (Å²) in [5, 5.41) is 3.26. The Hall–Kier alpha value is -2.21. The van der Waals surface area contributed by atoms with E-state index in [9.17, 15) is 9.59 Å². The first kappa shape index (κ1) is 18.6. The fraction of sp³-hybridized carbons (Fsp3) is 0.450. The summed E-state index contributed by atoms with van der Waals surface area (Å²) in [5.74, 6) is 0.960. The minimum absolute atomic E-state index is 0.120. The van der Waals surface area contributed by atoms with Crippen LogP contribution in [0.4, 0.5) is 5.13 Å². The average Bonchev–Trinajstić information content (AvgIpc) is 3.00. The molecule has 1 aliphatic rings. The first-order valence-corrected chi connectivity index (χ1v) is 9.77. The molecule has 1 atom stereocenters. The number of carbonyl (C=O) groups excluding carboxylic acids is 2. The van der Waals surface area contributed by atoms with Gasteiger partial charge in [-0.25, -0.2) is 4.98 Å². The molecule has 6 heteroatoms. The summed E-state index contributed by atoms with van der Waals surface area (Å²) >= 11 is 1.26. The number of amides is 1. The zero-order chi connectivity index (χ0) is 18.8. The van der Waals surface area contributed by atoms with Gasteiger partial charge >= 0.3 is 0 Å². The number of nitrogens with one attached hydrogen (secondary N) is 1. The number of hydrogen-bond acceptors (Lipinski definition) is 5. The molecule has 3 rings (SSSR count). The Bertz CT molecular complexity index is 842. The zero-order valence-corrected chi connectivity index (χ0v) is 16.4. The quantitative estimate of drug-likeness (QED) is 0.839. The highest BCUT2D eigenvalue weighted by molar-refractivity contribution is 7.17. The molecule has 1 N–H and O–H groups in total. The average molecular weight is 372 g/mol. The highest BCUT2D eigenvalue weighted by atomic mass is 32.1. The molecule has 1 aromatic heterocycles. The Morgan fingerprint density at radius 1 is 1.27 bits per heavy atom. The van der Waals surface area contributed by atoms with Crippen molar-refractivity contribution in [2.45, 2.75) is 59.0 Å². The second-order valence-electron chi connectivity index (χ2n) is 7.00. The van der Waals surface area contributed by atoms with Crippen molar-refractivity contribution in [3.05, 3.63) is 39.9 Å². The molecule has 0 saturated carbocycles. The number of benzene rings is 1. The van der Waals surface area contributed by atoms with Gasteiger partial charge in [0.2, 0.25) is 0 Å². The standard InChI is InChI=1S/C20H24N2O3S/c1-11(2)14-9-8-12(3)17(10-14)25-13(4)19(24)22-20-21-15-6-5-7-16(23)18(15)26-20/h8-11,13H,5-7H2,1-4H3,(H,21,22,24). The maximum Gasteiger partial charge on any atom is 0.266 e. The predicted octanol–water partition coefficient (Wildman–Crippen LogP) is 4.50. The van der Waals surface area contributed by atoms with Crippen LogP contribution in [0.5, 0.6) is 5.75 Å². The molecule has 1 unspecified atom stereocenters. The van der Waals surface area contributed by atoms with E-state index in [-0.39, 0.29) is 11.7 Å². The molecule has 2 aromatic rings. The number of aryl methyl sites for hydroxylation is 2. The van der Waals surface area contributed by atoms with Crippen molar-refractivity contribution in [1.29, 1.82) is 0 Å². The molecule has 0 fully saturated rings. The molecule has 1 amide bonds. The molecule has 1 aliphatic carbocycles. The Kier molecular flexibility index (Phi) is 5.41. The second-order valence-corrected chi connectivity index (χ2v) is 8.00. The van der Waals surface area contributed by atoms with Gasteiger partial charge in [0.1, 0.15) is 5.75 Å². The van der Waals surface area contributed by atoms with Gasteiger partial charge in [-0.05, 0) is 49.8 Å². The van der Waals surface area contributed by atoms with E-state index in [1.165, 1.54) is 16.9 Å². The van der Waals surface area contributed by atoms with Gasteiger partial charge in [-0.2, -0.15) is 0 Å². The van der Waals surface area contributed by atoms with Crippen molar-refractivity contribution in [1.82, 2.24) is 4.98 Å². The lowest BCUT2D eigenvalue weighted by atomic mass is 10.0. The Morgan fingerprint density at radius 3 is 2.73 bits per heavy atom. The molecule has 0 radical (unpaired) electrons. The van der Waals surface area contributed by atoms with Crippen molar-refractivity contribution >= 4 is 28.2 Å². The van der Waals surface area contributed by atoms with Crippen molar-refractivity contribution in [3.63, 3.8) is 0 Å². The number of ketones is 1. The van der Waals surface area contributed by atoms with Crippen LogP contribution in [0.3, 0.4) is 0 Å². The number of nitrogens with zero attached hydrogens (tertiary/aromatic N) is 1. The maximum atomic E-state index is 12.5. The number of hydrogen-bond donors (Lipinski definition) is 1. The normalized spacial score (nSPS) is 14.9. The van der Waals surface area contributed by atoms with Crippen LogP contribution in [0.25, 0.3) is 0 Å². The molecule has 1 heterocycles. The van der Waals surface area contributed by atoms with Gasteiger partial charge in [-0.15, -0.1) is 0 Å². The molecule has 0 saturated heterocycles. The Labute approximate surface area is 157 Å². The SMILES string of the molecule is Cc1ccc(C(C)C)cc1OC(C)C(=O)Nc1nc2c(s1)C(=O)CCC2. The van der Waals surface area contributed by atoms with Crippen LogP contribution in [0.1, 0.15) is 66.0 Å². The van der Waals surface area contributed by atoms with Crippen LogP contribution in [0.2, 0.25) is 0 Å². The highest BCUT2D eigenvalue weighted by Gasteiger charge is 2.24. The van der Waals surface area contributed by atoms with Gasteiger partial charge in [0, 0.05) is 6.42 Å². The molecule has 0 aliphatic heterocycles. The van der Waals surface area contributed by atoms with Gasteiger partial charge in [-0.1, -0.05) is 37.3 Å². The zero-order valence-electron chi connectivity index (χ0n) is 15.6. The minimum Gasteiger partial charge on any atom is -0.481 e. The van der Waals surface area contributed by atoms with Gasteiger partial charge < -0.3 is 4.74 Å². The van der Waals surface area contributed by atoms with Crippen molar-refractivity contribution in [2.24, 2.45) is 0 Å². The van der Waals surface area contributed by atoms with E-state index in [2.05, 4.69) is 30.2 Å². The van der Waals surface area contributed by atoms with E-state index in [0.717, 1.165) is 24.1 Å². The second kappa shape index (κ2) is 7.58. The lowest BCUT2D eigenvalue weighted by molar-refractivity contribution is -0.122. The van der Waals surface area contributed by atoms with Crippen molar-refractivity contribution < 1.29 is 14.3 Å². The number of Topliss-reactive ketones (excluding diaryl/α,β-unsaturated/α-hetero) is 1. The summed E-state index contributed by atoms with van der Waals surface area (Å²) in [6, 6.07) is 6.08. The molecule has 0 spiro atoms. The number of ether oxygens (including phenoxy) is 1. The summed E-state index contributed by atoms with van der Waals surface area (Å²) in [6.45, 7) is 7.92. The number of carbonyl (C=O) groups is 2. The first-order chi connectivity index (χ1) is 12.3. The third-order valence-corrected chi connectivity index (χ3v) is 5.60. The number of aromatic nitrogens is 1. The first-order valence-electron chi connectivity index (χ1n) is 8.96. The largest absolute Gasteiger partial charge is 0.481 e. The van der Waals surface area contributed by atoms with E-state index in [0.29, 0.717) is 28.1 Å².